The molecule has 1 aromatic carbocycles. The Hall–Kier alpha value is -1.90. The first-order valence-corrected chi connectivity index (χ1v) is 5.54. The van der Waals surface area contributed by atoms with Gasteiger partial charge in [-0.2, -0.15) is 0 Å². The molecular weight excluding hydrogens is 214 g/mol. The van der Waals surface area contributed by atoms with Crippen molar-refractivity contribution in [2.75, 3.05) is 0 Å². The first-order valence-electron chi connectivity index (χ1n) is 5.54. The Morgan fingerprint density at radius 3 is 2.65 bits per heavy atom. The highest BCUT2D eigenvalue weighted by Crippen LogP contribution is 2.36. The molecule has 1 aliphatic rings. The third-order valence-electron chi connectivity index (χ3n) is 2.90. The summed E-state index contributed by atoms with van der Waals surface area (Å²) in [6, 6.07) is 9.62. The molecule has 0 bridgehead atoms. The molecule has 0 spiro atoms. The Bertz CT molecular complexity index is 490. The highest BCUT2D eigenvalue weighted by atomic mass is 16.7. The van der Waals surface area contributed by atoms with Crippen molar-refractivity contribution >= 4 is 11.7 Å². The third kappa shape index (κ3) is 2.00. The van der Waals surface area contributed by atoms with Crippen LogP contribution in [0.2, 0.25) is 0 Å². The highest BCUT2D eigenvalue weighted by Gasteiger charge is 2.46. The average Bonchev–Trinajstić information content (AvgIpc) is 2.56. The van der Waals surface area contributed by atoms with E-state index >= 15 is 0 Å². The fourth-order valence-corrected chi connectivity index (χ4v) is 2.11. The lowest BCUT2D eigenvalue weighted by atomic mass is 9.77. The van der Waals surface area contributed by atoms with E-state index in [1.54, 1.807) is 0 Å². The molecule has 2 rings (SSSR count). The maximum absolute atomic E-state index is 11.8. The van der Waals surface area contributed by atoms with Crippen LogP contribution in [0.15, 0.2) is 47.6 Å². The summed E-state index contributed by atoms with van der Waals surface area (Å²) >= 11 is 0. The number of hydrogen-bond donors (Lipinski definition) is 0. The number of benzene rings is 1. The molecule has 1 atom stereocenters. The molecule has 0 fully saturated rings. The number of nitrogens with zero attached hydrogens (tertiary/aromatic N) is 1. The van der Waals surface area contributed by atoms with Crippen LogP contribution in [0.1, 0.15) is 25.8 Å². The first kappa shape index (κ1) is 11.6. The smallest absolute Gasteiger partial charge is 0.317 e. The van der Waals surface area contributed by atoms with Crippen molar-refractivity contribution in [2.45, 2.75) is 20.3 Å². The molecule has 1 unspecified atom stereocenters. The quantitative estimate of drug-likeness (QED) is 0.590. The Kier molecular flexibility index (Phi) is 2.84. The largest absolute Gasteiger partial charge is 0.347 e. The van der Waals surface area contributed by atoms with E-state index in [9.17, 15) is 4.79 Å². The zero-order chi connectivity index (χ0) is 12.5. The second-order valence-electron chi connectivity index (χ2n) is 4.65. The van der Waals surface area contributed by atoms with Gasteiger partial charge in [-0.3, -0.25) is 0 Å². The van der Waals surface area contributed by atoms with Crippen molar-refractivity contribution in [1.82, 2.24) is 0 Å². The monoisotopic (exact) mass is 229 g/mol. The summed E-state index contributed by atoms with van der Waals surface area (Å²) in [6.07, 6.45) is 0.555. The number of rotatable bonds is 3. The number of carbonyl (C=O) groups excluding carboxylic acids is 1. The van der Waals surface area contributed by atoms with Crippen LogP contribution in [0.4, 0.5) is 0 Å². The molecule has 3 nitrogen and oxygen atoms in total. The van der Waals surface area contributed by atoms with Gasteiger partial charge in [0.1, 0.15) is 11.1 Å². The Morgan fingerprint density at radius 2 is 2.06 bits per heavy atom. The topological polar surface area (TPSA) is 38.7 Å². The highest BCUT2D eigenvalue weighted by molar-refractivity contribution is 6.17. The average molecular weight is 229 g/mol. The van der Waals surface area contributed by atoms with Crippen molar-refractivity contribution in [2.24, 2.45) is 10.6 Å². The summed E-state index contributed by atoms with van der Waals surface area (Å²) in [4.78, 5) is 16.7. The molecule has 0 aliphatic carbocycles. The molecule has 0 amide bonds. The van der Waals surface area contributed by atoms with E-state index in [2.05, 4.69) is 11.7 Å². The van der Waals surface area contributed by atoms with Crippen LogP contribution in [0, 0.1) is 5.41 Å². The molecule has 0 radical (unpaired) electrons. The Labute approximate surface area is 101 Å². The summed E-state index contributed by atoms with van der Waals surface area (Å²) < 4.78 is 0. The maximum Gasteiger partial charge on any atom is 0.347 e. The normalized spacial score (nSPS) is 23.2. The fourth-order valence-electron chi connectivity index (χ4n) is 2.11. The Morgan fingerprint density at radius 1 is 1.41 bits per heavy atom. The van der Waals surface area contributed by atoms with E-state index in [4.69, 9.17) is 4.84 Å². The molecule has 0 aromatic heterocycles. The molecule has 1 aromatic rings. The summed E-state index contributed by atoms with van der Waals surface area (Å²) in [5.74, 6) is -0.306. The van der Waals surface area contributed by atoms with Gasteiger partial charge in [0.2, 0.25) is 0 Å². The van der Waals surface area contributed by atoms with Crippen LogP contribution >= 0.6 is 0 Å². The lowest BCUT2D eigenvalue weighted by molar-refractivity contribution is -0.147. The minimum absolute atomic E-state index is 0.306. The van der Waals surface area contributed by atoms with Crippen molar-refractivity contribution in [3.63, 3.8) is 0 Å². The molecule has 1 aliphatic heterocycles. The van der Waals surface area contributed by atoms with Gasteiger partial charge < -0.3 is 4.84 Å². The van der Waals surface area contributed by atoms with E-state index in [1.165, 1.54) is 0 Å². The lowest BCUT2D eigenvalue weighted by Gasteiger charge is -2.21. The molecule has 0 saturated heterocycles. The second-order valence-corrected chi connectivity index (χ2v) is 4.65. The summed E-state index contributed by atoms with van der Waals surface area (Å²) in [6.45, 7) is 7.62. The fraction of sp³-hybridized carbons (Fsp3) is 0.286. The summed E-state index contributed by atoms with van der Waals surface area (Å²) in [5, 5.41) is 3.92. The predicted molar refractivity (Wildman–Crippen MR) is 66.6 cm³/mol. The molecule has 0 saturated carbocycles. The van der Waals surface area contributed by atoms with Gasteiger partial charge in [0.05, 0.1) is 0 Å². The van der Waals surface area contributed by atoms with Gasteiger partial charge in [-0.05, 0) is 20.3 Å². The molecule has 3 heteroatoms. The zero-order valence-electron chi connectivity index (χ0n) is 10.1. The molecular formula is C14H15NO2. The molecule has 17 heavy (non-hydrogen) atoms. The Balaban J connectivity index is 2.40. The van der Waals surface area contributed by atoms with E-state index in [1.807, 2.05) is 44.2 Å². The van der Waals surface area contributed by atoms with E-state index in [0.717, 1.165) is 11.1 Å². The van der Waals surface area contributed by atoms with Crippen molar-refractivity contribution in [3.05, 3.63) is 48.0 Å². The van der Waals surface area contributed by atoms with Crippen LogP contribution in [-0.2, 0) is 9.63 Å². The standard InChI is InChI=1S/C14H15NO2/c1-10(2)9-14(3)12(15-17-13(14)16)11-7-5-4-6-8-11/h4-8H,1,9H2,2-3H3. The molecule has 88 valence electrons. The number of allylic oxidation sites excluding steroid dienone is 1. The van der Waals surface area contributed by atoms with Crippen LogP contribution in [-0.4, -0.2) is 11.7 Å². The zero-order valence-corrected chi connectivity index (χ0v) is 10.1. The number of oxime groups is 1. The van der Waals surface area contributed by atoms with Gasteiger partial charge in [0.25, 0.3) is 0 Å². The maximum atomic E-state index is 11.8. The predicted octanol–water partition coefficient (Wildman–Crippen LogP) is 2.92. The first-order chi connectivity index (χ1) is 8.04. The van der Waals surface area contributed by atoms with Gasteiger partial charge in [0.15, 0.2) is 0 Å². The number of carbonyl (C=O) groups is 1. The van der Waals surface area contributed by atoms with Gasteiger partial charge in [-0.1, -0.05) is 41.1 Å². The minimum atomic E-state index is -0.715. The van der Waals surface area contributed by atoms with Crippen molar-refractivity contribution in [3.8, 4) is 0 Å². The van der Waals surface area contributed by atoms with Crippen LogP contribution in [0.5, 0.6) is 0 Å². The van der Waals surface area contributed by atoms with Gasteiger partial charge in [0, 0.05) is 5.56 Å². The lowest BCUT2D eigenvalue weighted by Crippen LogP contribution is -2.33. The SMILES string of the molecule is C=C(C)CC1(C)C(=O)ON=C1c1ccccc1. The van der Waals surface area contributed by atoms with Crippen LogP contribution < -0.4 is 0 Å². The van der Waals surface area contributed by atoms with Gasteiger partial charge >= 0.3 is 5.97 Å². The summed E-state index contributed by atoms with van der Waals surface area (Å²) in [5.41, 5.74) is 1.83. The number of hydrogen-bond acceptors (Lipinski definition) is 3. The van der Waals surface area contributed by atoms with E-state index in [0.29, 0.717) is 12.1 Å². The third-order valence-corrected chi connectivity index (χ3v) is 2.90. The summed E-state index contributed by atoms with van der Waals surface area (Å²) in [7, 11) is 0. The minimum Gasteiger partial charge on any atom is -0.317 e. The molecule has 0 N–H and O–H groups in total. The van der Waals surface area contributed by atoms with E-state index in [-0.39, 0.29) is 5.97 Å². The van der Waals surface area contributed by atoms with Crippen LogP contribution in [0.3, 0.4) is 0 Å². The van der Waals surface area contributed by atoms with Gasteiger partial charge in [-0.25, -0.2) is 4.79 Å². The van der Waals surface area contributed by atoms with Crippen molar-refractivity contribution in [1.29, 1.82) is 0 Å². The second kappa shape index (κ2) is 4.17. The van der Waals surface area contributed by atoms with Crippen LogP contribution in [0.25, 0.3) is 0 Å². The van der Waals surface area contributed by atoms with E-state index < -0.39 is 5.41 Å². The molecule has 1 heterocycles. The van der Waals surface area contributed by atoms with Crippen molar-refractivity contribution < 1.29 is 9.63 Å². The van der Waals surface area contributed by atoms with Gasteiger partial charge in [-0.15, -0.1) is 6.58 Å².